The maximum absolute atomic E-state index is 14.3. The first-order valence-electron chi connectivity index (χ1n) is 8.42. The second-order valence-electron chi connectivity index (χ2n) is 6.80. The number of amides is 2. The maximum Gasteiger partial charge on any atom is 0.220 e. The highest BCUT2D eigenvalue weighted by molar-refractivity contribution is 5.80. The minimum absolute atomic E-state index is 0.00762. The van der Waals surface area contributed by atoms with Crippen LogP contribution < -0.4 is 15.4 Å². The second kappa shape index (κ2) is 6.79. The molecule has 1 aromatic carbocycles. The normalized spacial score (nSPS) is 23.0. The van der Waals surface area contributed by atoms with Crippen molar-refractivity contribution in [1.82, 2.24) is 10.6 Å². The van der Waals surface area contributed by atoms with Crippen molar-refractivity contribution in [3.63, 3.8) is 0 Å². The van der Waals surface area contributed by atoms with Crippen molar-refractivity contribution < 1.29 is 18.7 Å². The van der Waals surface area contributed by atoms with Gasteiger partial charge < -0.3 is 15.4 Å². The van der Waals surface area contributed by atoms with E-state index in [9.17, 15) is 14.0 Å². The van der Waals surface area contributed by atoms with Crippen molar-refractivity contribution in [1.29, 1.82) is 0 Å². The highest BCUT2D eigenvalue weighted by Gasteiger charge is 2.38. The second-order valence-corrected chi connectivity index (χ2v) is 6.80. The smallest absolute Gasteiger partial charge is 0.220 e. The van der Waals surface area contributed by atoms with E-state index in [0.29, 0.717) is 49.5 Å². The molecule has 1 aromatic rings. The van der Waals surface area contributed by atoms with E-state index in [0.717, 1.165) is 12.8 Å². The number of carbonyl (C=O) groups is 2. The Morgan fingerprint density at radius 2 is 2.25 bits per heavy atom. The zero-order chi connectivity index (χ0) is 17.2. The fourth-order valence-electron chi connectivity index (χ4n) is 3.23. The average molecular weight is 334 g/mol. The van der Waals surface area contributed by atoms with E-state index in [2.05, 4.69) is 10.6 Å². The number of halogens is 1. The molecule has 2 aliphatic rings. The highest BCUT2D eigenvalue weighted by atomic mass is 19.1. The molecule has 1 aliphatic carbocycles. The third-order valence-corrected chi connectivity index (χ3v) is 4.80. The summed E-state index contributed by atoms with van der Waals surface area (Å²) in [5.41, 5.74) is -0.0199. The number of rotatable bonds is 7. The zero-order valence-corrected chi connectivity index (χ0v) is 13.9. The van der Waals surface area contributed by atoms with Gasteiger partial charge in [0.2, 0.25) is 11.8 Å². The molecule has 2 N–H and O–H groups in total. The Kier molecular flexibility index (Phi) is 4.73. The number of carbonyl (C=O) groups excluding carboxylic acids is 2. The molecule has 1 aliphatic heterocycles. The van der Waals surface area contributed by atoms with E-state index in [1.165, 1.54) is 13.2 Å². The van der Waals surface area contributed by atoms with E-state index < -0.39 is 5.54 Å². The zero-order valence-electron chi connectivity index (χ0n) is 13.9. The van der Waals surface area contributed by atoms with E-state index >= 15 is 0 Å². The summed E-state index contributed by atoms with van der Waals surface area (Å²) in [4.78, 5) is 23.7. The van der Waals surface area contributed by atoms with Crippen LogP contribution >= 0.6 is 0 Å². The lowest BCUT2D eigenvalue weighted by Gasteiger charge is -2.29. The first-order valence-corrected chi connectivity index (χ1v) is 8.42. The minimum atomic E-state index is -0.548. The summed E-state index contributed by atoms with van der Waals surface area (Å²) in [5.74, 6) is 0.0848. The van der Waals surface area contributed by atoms with Gasteiger partial charge in [-0.2, -0.15) is 0 Å². The molecule has 5 nitrogen and oxygen atoms in total. The molecule has 0 radical (unpaired) electrons. The van der Waals surface area contributed by atoms with Gasteiger partial charge in [0.15, 0.2) is 0 Å². The standard InChI is InChI=1S/C18H23FN2O3/c1-24-14-5-2-12(15(19)10-14)11-18(9-7-17(23)21-18)8-6-16(22)20-13-3-4-13/h2,5,10,13H,3-4,6-9,11H2,1H3,(H,20,22)(H,21,23)/t18-/m0/s1. The van der Waals surface area contributed by atoms with Crippen molar-refractivity contribution in [3.8, 4) is 5.75 Å². The summed E-state index contributed by atoms with van der Waals surface area (Å²) in [6, 6.07) is 5.07. The van der Waals surface area contributed by atoms with Crippen LogP contribution in [-0.4, -0.2) is 30.5 Å². The third kappa shape index (κ3) is 4.04. The molecule has 0 bridgehead atoms. The molecule has 2 fully saturated rings. The molecule has 130 valence electrons. The lowest BCUT2D eigenvalue weighted by Crippen LogP contribution is -2.44. The predicted octanol–water partition coefficient (Wildman–Crippen LogP) is 2.08. The van der Waals surface area contributed by atoms with Gasteiger partial charge in [0, 0.05) is 30.5 Å². The van der Waals surface area contributed by atoms with Crippen LogP contribution in [0.1, 0.15) is 44.1 Å². The quantitative estimate of drug-likeness (QED) is 0.802. The molecule has 0 spiro atoms. The van der Waals surface area contributed by atoms with Crippen LogP contribution in [0.2, 0.25) is 0 Å². The molecule has 1 saturated heterocycles. The molecular formula is C18H23FN2O3. The molecule has 3 rings (SSSR count). The number of methoxy groups -OCH3 is 1. The molecule has 1 atom stereocenters. The minimum Gasteiger partial charge on any atom is -0.497 e. The number of hydrogen-bond acceptors (Lipinski definition) is 3. The SMILES string of the molecule is COc1ccc(C[C@]2(CCC(=O)NC3CC3)CCC(=O)N2)c(F)c1. The summed E-state index contributed by atoms with van der Waals surface area (Å²) in [5, 5.41) is 5.93. The van der Waals surface area contributed by atoms with Gasteiger partial charge in [0.05, 0.1) is 7.11 Å². The maximum atomic E-state index is 14.3. The van der Waals surface area contributed by atoms with Crippen LogP contribution in [0.25, 0.3) is 0 Å². The lowest BCUT2D eigenvalue weighted by molar-refractivity contribution is -0.122. The van der Waals surface area contributed by atoms with Gasteiger partial charge in [0.1, 0.15) is 11.6 Å². The third-order valence-electron chi connectivity index (χ3n) is 4.80. The monoisotopic (exact) mass is 334 g/mol. The number of nitrogens with one attached hydrogen (secondary N) is 2. The lowest BCUT2D eigenvalue weighted by atomic mass is 9.84. The van der Waals surface area contributed by atoms with Crippen LogP contribution in [0, 0.1) is 5.82 Å². The van der Waals surface area contributed by atoms with E-state index in [1.807, 2.05) is 0 Å². The van der Waals surface area contributed by atoms with Crippen molar-refractivity contribution >= 4 is 11.8 Å². The largest absolute Gasteiger partial charge is 0.497 e. The molecule has 2 amide bonds. The van der Waals surface area contributed by atoms with E-state index in [1.54, 1.807) is 12.1 Å². The van der Waals surface area contributed by atoms with Gasteiger partial charge in [-0.15, -0.1) is 0 Å². The molecule has 0 unspecified atom stereocenters. The van der Waals surface area contributed by atoms with Crippen LogP contribution in [0.3, 0.4) is 0 Å². The molecule has 1 saturated carbocycles. The van der Waals surface area contributed by atoms with Gasteiger partial charge >= 0.3 is 0 Å². The predicted molar refractivity (Wildman–Crippen MR) is 87.2 cm³/mol. The average Bonchev–Trinajstić information content (AvgIpc) is 3.29. The van der Waals surface area contributed by atoms with E-state index in [4.69, 9.17) is 4.74 Å². The summed E-state index contributed by atoms with van der Waals surface area (Å²) in [6.45, 7) is 0. The van der Waals surface area contributed by atoms with Crippen LogP contribution in [0.4, 0.5) is 4.39 Å². The van der Waals surface area contributed by atoms with Crippen LogP contribution in [0.5, 0.6) is 5.75 Å². The van der Waals surface area contributed by atoms with Gasteiger partial charge in [-0.1, -0.05) is 6.07 Å². The van der Waals surface area contributed by atoms with Crippen LogP contribution in [-0.2, 0) is 16.0 Å². The highest BCUT2D eigenvalue weighted by Crippen LogP contribution is 2.31. The molecule has 0 aromatic heterocycles. The number of benzene rings is 1. The van der Waals surface area contributed by atoms with Gasteiger partial charge in [-0.05, 0) is 43.7 Å². The van der Waals surface area contributed by atoms with E-state index in [-0.39, 0.29) is 17.6 Å². The molecule has 1 heterocycles. The topological polar surface area (TPSA) is 67.4 Å². The van der Waals surface area contributed by atoms with Crippen molar-refractivity contribution in [2.24, 2.45) is 0 Å². The summed E-state index contributed by atoms with van der Waals surface area (Å²) in [7, 11) is 1.49. The van der Waals surface area contributed by atoms with Gasteiger partial charge in [-0.3, -0.25) is 9.59 Å². The Hall–Kier alpha value is -2.11. The van der Waals surface area contributed by atoms with Crippen molar-refractivity contribution in [3.05, 3.63) is 29.6 Å². The Bertz CT molecular complexity index is 645. The first kappa shape index (κ1) is 16.7. The fraction of sp³-hybridized carbons (Fsp3) is 0.556. The van der Waals surface area contributed by atoms with Crippen LogP contribution in [0.15, 0.2) is 18.2 Å². The summed E-state index contributed by atoms with van der Waals surface area (Å²) in [6.07, 6.45) is 4.37. The molecule has 6 heteroatoms. The van der Waals surface area contributed by atoms with Crippen molar-refractivity contribution in [2.45, 2.75) is 56.5 Å². The van der Waals surface area contributed by atoms with Crippen molar-refractivity contribution in [2.75, 3.05) is 7.11 Å². The molecule has 24 heavy (non-hydrogen) atoms. The number of hydrogen-bond donors (Lipinski definition) is 2. The fourth-order valence-corrected chi connectivity index (χ4v) is 3.23. The Labute approximate surface area is 141 Å². The summed E-state index contributed by atoms with van der Waals surface area (Å²) < 4.78 is 19.3. The Balaban J connectivity index is 1.68. The Morgan fingerprint density at radius 3 is 2.83 bits per heavy atom. The first-order chi connectivity index (χ1) is 11.5. The van der Waals surface area contributed by atoms with Gasteiger partial charge in [-0.25, -0.2) is 4.39 Å². The number of ether oxygens (including phenoxy) is 1. The van der Waals surface area contributed by atoms with Gasteiger partial charge in [0.25, 0.3) is 0 Å². The molecular weight excluding hydrogens is 311 g/mol. The summed E-state index contributed by atoms with van der Waals surface area (Å²) >= 11 is 0. The Morgan fingerprint density at radius 1 is 1.46 bits per heavy atom.